The quantitative estimate of drug-likeness (QED) is 0.628. The number of aliphatic hydroxyl groups excluding tert-OH is 1. The van der Waals surface area contributed by atoms with E-state index in [1.807, 2.05) is 0 Å². The van der Waals surface area contributed by atoms with Gasteiger partial charge >= 0.3 is 0 Å². The maximum atomic E-state index is 11.7. The molecular formula is C6H11F4NO. The summed E-state index contributed by atoms with van der Waals surface area (Å²) in [6.45, 7) is 0.631. The van der Waals surface area contributed by atoms with Crippen LogP contribution in [0.4, 0.5) is 17.6 Å². The molecule has 2 atom stereocenters. The van der Waals surface area contributed by atoms with Crippen LogP contribution in [0.2, 0.25) is 0 Å². The molecule has 0 heterocycles. The van der Waals surface area contributed by atoms with Crippen molar-refractivity contribution < 1.29 is 22.7 Å². The van der Waals surface area contributed by atoms with E-state index in [2.05, 4.69) is 5.32 Å². The van der Waals surface area contributed by atoms with Gasteiger partial charge in [-0.15, -0.1) is 0 Å². The predicted octanol–water partition coefficient (Wildman–Crippen LogP) is 0.856. The van der Waals surface area contributed by atoms with Gasteiger partial charge in [0.15, 0.2) is 0 Å². The van der Waals surface area contributed by atoms with Crippen molar-refractivity contribution in [1.29, 1.82) is 0 Å². The molecule has 2 nitrogen and oxygen atoms in total. The van der Waals surface area contributed by atoms with Gasteiger partial charge in [-0.2, -0.15) is 0 Å². The lowest BCUT2D eigenvalue weighted by Crippen LogP contribution is -2.40. The maximum absolute atomic E-state index is 11.7. The van der Waals surface area contributed by atoms with Crippen molar-refractivity contribution in [3.63, 3.8) is 0 Å². The standard InChI is InChI=1S/C6H11F4NO/c1-3(5(7)8)11-2-4(12)6(9)10/h3-6,11-12H,2H2,1H3. The zero-order valence-electron chi connectivity index (χ0n) is 6.48. The largest absolute Gasteiger partial charge is 0.386 e. The molecule has 0 aromatic heterocycles. The monoisotopic (exact) mass is 189 g/mol. The summed E-state index contributed by atoms with van der Waals surface area (Å²) in [6.07, 6.45) is -7.40. The van der Waals surface area contributed by atoms with Gasteiger partial charge in [-0.1, -0.05) is 0 Å². The van der Waals surface area contributed by atoms with Crippen LogP contribution in [0.25, 0.3) is 0 Å². The molecule has 2 N–H and O–H groups in total. The highest BCUT2D eigenvalue weighted by Gasteiger charge is 2.20. The first-order valence-corrected chi connectivity index (χ1v) is 3.43. The number of aliphatic hydroxyl groups is 1. The highest BCUT2D eigenvalue weighted by molar-refractivity contribution is 4.67. The van der Waals surface area contributed by atoms with Crippen molar-refractivity contribution in [3.05, 3.63) is 0 Å². The van der Waals surface area contributed by atoms with Gasteiger partial charge in [-0.05, 0) is 6.92 Å². The van der Waals surface area contributed by atoms with Crippen molar-refractivity contribution in [2.75, 3.05) is 6.54 Å². The van der Waals surface area contributed by atoms with Gasteiger partial charge in [-0.25, -0.2) is 17.6 Å². The van der Waals surface area contributed by atoms with Crippen LogP contribution in [-0.4, -0.2) is 36.6 Å². The van der Waals surface area contributed by atoms with Gasteiger partial charge < -0.3 is 10.4 Å². The lowest BCUT2D eigenvalue weighted by Gasteiger charge is -2.15. The zero-order valence-corrected chi connectivity index (χ0v) is 6.48. The normalized spacial score (nSPS) is 17.0. The number of hydrogen-bond acceptors (Lipinski definition) is 2. The molecule has 0 amide bonds. The van der Waals surface area contributed by atoms with Crippen LogP contribution in [0, 0.1) is 0 Å². The topological polar surface area (TPSA) is 32.3 Å². The summed E-state index contributed by atoms with van der Waals surface area (Å²) >= 11 is 0. The zero-order chi connectivity index (χ0) is 9.72. The third-order valence-corrected chi connectivity index (χ3v) is 1.32. The second-order valence-corrected chi connectivity index (χ2v) is 2.43. The van der Waals surface area contributed by atoms with E-state index in [4.69, 9.17) is 5.11 Å². The molecule has 0 aliphatic heterocycles. The third-order valence-electron chi connectivity index (χ3n) is 1.32. The summed E-state index contributed by atoms with van der Waals surface area (Å²) in [5.74, 6) is 0. The Bertz CT molecular complexity index is 108. The van der Waals surface area contributed by atoms with Crippen molar-refractivity contribution in [3.8, 4) is 0 Å². The molecule has 0 saturated carbocycles. The highest BCUT2D eigenvalue weighted by Crippen LogP contribution is 2.02. The molecular weight excluding hydrogens is 178 g/mol. The van der Waals surface area contributed by atoms with E-state index in [1.165, 1.54) is 0 Å². The minimum Gasteiger partial charge on any atom is -0.386 e. The number of rotatable bonds is 5. The summed E-state index contributed by atoms with van der Waals surface area (Å²) in [5.41, 5.74) is 0. The lowest BCUT2D eigenvalue weighted by atomic mass is 10.3. The molecule has 0 rings (SSSR count). The number of halogens is 4. The van der Waals surface area contributed by atoms with Gasteiger partial charge in [0.05, 0.1) is 6.04 Å². The Morgan fingerprint density at radius 3 is 2.00 bits per heavy atom. The summed E-state index contributed by atoms with van der Waals surface area (Å²) < 4.78 is 46.7. The Kier molecular flexibility index (Phi) is 5.16. The molecule has 0 saturated heterocycles. The number of alkyl halides is 4. The van der Waals surface area contributed by atoms with Crippen molar-refractivity contribution in [1.82, 2.24) is 5.32 Å². The molecule has 0 spiro atoms. The van der Waals surface area contributed by atoms with Gasteiger partial charge in [-0.3, -0.25) is 0 Å². The van der Waals surface area contributed by atoms with Gasteiger partial charge in [0.1, 0.15) is 6.10 Å². The Morgan fingerprint density at radius 1 is 1.17 bits per heavy atom. The predicted molar refractivity (Wildman–Crippen MR) is 35.5 cm³/mol. The van der Waals surface area contributed by atoms with Crippen LogP contribution >= 0.6 is 0 Å². The Balaban J connectivity index is 3.54. The molecule has 12 heavy (non-hydrogen) atoms. The molecule has 0 fully saturated rings. The van der Waals surface area contributed by atoms with Gasteiger partial charge in [0.25, 0.3) is 12.9 Å². The molecule has 6 heteroatoms. The first-order valence-electron chi connectivity index (χ1n) is 3.43. The fourth-order valence-corrected chi connectivity index (χ4v) is 0.485. The Hall–Kier alpha value is -0.360. The van der Waals surface area contributed by atoms with E-state index >= 15 is 0 Å². The van der Waals surface area contributed by atoms with E-state index in [1.54, 1.807) is 0 Å². The van der Waals surface area contributed by atoms with Crippen LogP contribution in [0.15, 0.2) is 0 Å². The summed E-state index contributed by atoms with van der Waals surface area (Å²) in [6, 6.07) is -1.18. The molecule has 0 aromatic carbocycles. The van der Waals surface area contributed by atoms with Crippen LogP contribution in [0.3, 0.4) is 0 Å². The summed E-state index contributed by atoms with van der Waals surface area (Å²) in [4.78, 5) is 0. The second-order valence-electron chi connectivity index (χ2n) is 2.43. The Labute approximate surface area is 67.6 Å². The smallest absolute Gasteiger partial charge is 0.265 e. The van der Waals surface area contributed by atoms with Gasteiger partial charge in [0.2, 0.25) is 0 Å². The average molecular weight is 189 g/mol. The van der Waals surface area contributed by atoms with E-state index in [0.29, 0.717) is 0 Å². The number of nitrogens with one attached hydrogen (secondary N) is 1. The van der Waals surface area contributed by atoms with Crippen LogP contribution in [-0.2, 0) is 0 Å². The average Bonchev–Trinajstić information content (AvgIpc) is 1.98. The van der Waals surface area contributed by atoms with E-state index in [-0.39, 0.29) is 0 Å². The fourth-order valence-electron chi connectivity index (χ4n) is 0.485. The maximum Gasteiger partial charge on any atom is 0.265 e. The van der Waals surface area contributed by atoms with Crippen molar-refractivity contribution in [2.45, 2.75) is 31.9 Å². The molecule has 0 aromatic rings. The summed E-state index contributed by atoms with van der Waals surface area (Å²) in [5, 5.41) is 10.6. The van der Waals surface area contributed by atoms with Crippen LogP contribution < -0.4 is 5.32 Å². The summed E-state index contributed by atoms with van der Waals surface area (Å²) in [7, 11) is 0. The molecule has 0 bridgehead atoms. The first kappa shape index (κ1) is 11.6. The molecule has 2 unspecified atom stereocenters. The Morgan fingerprint density at radius 2 is 1.67 bits per heavy atom. The van der Waals surface area contributed by atoms with E-state index in [0.717, 1.165) is 6.92 Å². The molecule has 0 aliphatic rings. The number of hydrogen-bond donors (Lipinski definition) is 2. The molecule has 0 radical (unpaired) electrons. The van der Waals surface area contributed by atoms with E-state index in [9.17, 15) is 17.6 Å². The van der Waals surface area contributed by atoms with Crippen LogP contribution in [0.5, 0.6) is 0 Å². The molecule has 0 aliphatic carbocycles. The lowest BCUT2D eigenvalue weighted by molar-refractivity contribution is -0.00851. The van der Waals surface area contributed by atoms with Crippen molar-refractivity contribution >= 4 is 0 Å². The van der Waals surface area contributed by atoms with E-state index < -0.39 is 31.5 Å². The van der Waals surface area contributed by atoms with Gasteiger partial charge in [0, 0.05) is 6.54 Å². The first-order chi connectivity index (χ1) is 5.45. The van der Waals surface area contributed by atoms with Crippen molar-refractivity contribution in [2.24, 2.45) is 0 Å². The second kappa shape index (κ2) is 5.31. The highest BCUT2D eigenvalue weighted by atomic mass is 19.3. The fraction of sp³-hybridized carbons (Fsp3) is 1.00. The SMILES string of the molecule is CC(NCC(O)C(F)F)C(F)F. The minimum atomic E-state index is -2.90. The third kappa shape index (κ3) is 4.50. The molecule has 74 valence electrons. The minimum absolute atomic E-state index is 0.525. The van der Waals surface area contributed by atoms with Crippen LogP contribution in [0.1, 0.15) is 6.92 Å².